The highest BCUT2D eigenvalue weighted by atomic mass is 16.1. The van der Waals surface area contributed by atoms with E-state index in [1.807, 2.05) is 10.6 Å². The molecule has 1 fully saturated rings. The van der Waals surface area contributed by atoms with Crippen molar-refractivity contribution < 1.29 is 4.79 Å². The molecule has 1 aromatic heterocycles. The second-order valence-electron chi connectivity index (χ2n) is 5.26. The quantitative estimate of drug-likeness (QED) is 0.760. The Morgan fingerprint density at radius 2 is 2.28 bits per heavy atom. The van der Waals surface area contributed by atoms with Crippen LogP contribution in [0.2, 0.25) is 0 Å². The first-order chi connectivity index (χ1) is 8.63. The van der Waals surface area contributed by atoms with Crippen LogP contribution in [-0.4, -0.2) is 23.6 Å². The molecule has 0 aliphatic carbocycles. The van der Waals surface area contributed by atoms with Crippen LogP contribution < -0.4 is 16.2 Å². The zero-order chi connectivity index (χ0) is 12.7. The number of carbonyl (C=O) groups is 1. The van der Waals surface area contributed by atoms with Crippen molar-refractivity contribution >= 4 is 11.6 Å². The van der Waals surface area contributed by atoms with Crippen molar-refractivity contribution in [3.8, 4) is 0 Å². The van der Waals surface area contributed by atoms with Crippen molar-refractivity contribution in [2.45, 2.75) is 25.8 Å². The van der Waals surface area contributed by atoms with Gasteiger partial charge in [0, 0.05) is 43.4 Å². The zero-order valence-corrected chi connectivity index (χ0v) is 10.4. The molecule has 0 unspecified atom stereocenters. The van der Waals surface area contributed by atoms with E-state index in [1.165, 1.54) is 13.0 Å². The molecule has 0 radical (unpaired) electrons. The Balaban J connectivity index is 2.04. The van der Waals surface area contributed by atoms with E-state index < -0.39 is 0 Å². The largest absolute Gasteiger partial charge is 0.326 e. The van der Waals surface area contributed by atoms with Crippen LogP contribution in [0.4, 0.5) is 5.69 Å². The summed E-state index contributed by atoms with van der Waals surface area (Å²) in [4.78, 5) is 23.2. The van der Waals surface area contributed by atoms with Gasteiger partial charge in [-0.1, -0.05) is 0 Å². The number of pyridine rings is 1. The van der Waals surface area contributed by atoms with Gasteiger partial charge in [0.2, 0.25) is 5.91 Å². The van der Waals surface area contributed by atoms with Gasteiger partial charge in [-0.05, 0) is 24.9 Å². The predicted octanol–water partition coefficient (Wildman–Crippen LogP) is 0.513. The first-order valence-electron chi connectivity index (χ1n) is 6.36. The molecule has 2 N–H and O–H groups in total. The topological polar surface area (TPSA) is 63.1 Å². The molecule has 3 rings (SSSR count). The van der Waals surface area contributed by atoms with Gasteiger partial charge >= 0.3 is 0 Å². The molecule has 0 spiro atoms. The maximum atomic E-state index is 12.1. The minimum atomic E-state index is -0.144. The molecule has 1 saturated heterocycles. The van der Waals surface area contributed by atoms with E-state index in [4.69, 9.17) is 0 Å². The molecule has 2 aliphatic rings. The van der Waals surface area contributed by atoms with Gasteiger partial charge in [0.25, 0.3) is 5.56 Å². The SMILES string of the molecule is CC(=O)Nc1cc2n(c(=O)c1)C[C@@H]1CNC[C@H]2C1. The lowest BCUT2D eigenvalue weighted by Crippen LogP contribution is -2.44. The molecule has 2 atom stereocenters. The lowest BCUT2D eigenvalue weighted by atomic mass is 9.84. The summed E-state index contributed by atoms with van der Waals surface area (Å²) in [5.41, 5.74) is 1.66. The molecule has 3 heterocycles. The number of fused-ring (bicyclic) bond motifs is 4. The van der Waals surface area contributed by atoms with Crippen LogP contribution >= 0.6 is 0 Å². The molecule has 5 heteroatoms. The number of anilines is 1. The highest BCUT2D eigenvalue weighted by Gasteiger charge is 2.31. The van der Waals surface area contributed by atoms with E-state index in [1.54, 1.807) is 0 Å². The molecule has 0 saturated carbocycles. The number of nitrogens with one attached hydrogen (secondary N) is 2. The number of amides is 1. The van der Waals surface area contributed by atoms with Gasteiger partial charge in [-0.2, -0.15) is 0 Å². The van der Waals surface area contributed by atoms with Gasteiger partial charge in [0.1, 0.15) is 0 Å². The summed E-state index contributed by atoms with van der Waals surface area (Å²) < 4.78 is 1.87. The molecule has 96 valence electrons. The van der Waals surface area contributed by atoms with E-state index in [2.05, 4.69) is 10.6 Å². The summed E-state index contributed by atoms with van der Waals surface area (Å²) in [7, 11) is 0. The molecular formula is C13H17N3O2. The van der Waals surface area contributed by atoms with Crippen LogP contribution in [0, 0.1) is 5.92 Å². The van der Waals surface area contributed by atoms with E-state index in [-0.39, 0.29) is 11.5 Å². The van der Waals surface area contributed by atoms with Crippen LogP contribution in [0.5, 0.6) is 0 Å². The molecular weight excluding hydrogens is 230 g/mol. The minimum absolute atomic E-state index is 0.00662. The number of aromatic nitrogens is 1. The normalized spacial score (nSPS) is 25.4. The van der Waals surface area contributed by atoms with Gasteiger partial charge in [0.05, 0.1) is 0 Å². The highest BCUT2D eigenvalue weighted by Crippen LogP contribution is 2.32. The maximum Gasteiger partial charge on any atom is 0.252 e. The average molecular weight is 247 g/mol. The number of carbonyl (C=O) groups excluding carboxylic acids is 1. The second-order valence-corrected chi connectivity index (χ2v) is 5.26. The Kier molecular flexibility index (Phi) is 2.70. The van der Waals surface area contributed by atoms with Gasteiger partial charge < -0.3 is 15.2 Å². The van der Waals surface area contributed by atoms with Crippen LogP contribution in [0.15, 0.2) is 16.9 Å². The number of piperidine rings is 1. The fourth-order valence-corrected chi connectivity index (χ4v) is 3.08. The van der Waals surface area contributed by atoms with Crippen LogP contribution in [0.1, 0.15) is 25.0 Å². The van der Waals surface area contributed by atoms with E-state index in [9.17, 15) is 9.59 Å². The summed E-state index contributed by atoms with van der Waals surface area (Å²) in [6.07, 6.45) is 1.13. The molecule has 2 bridgehead atoms. The molecule has 5 nitrogen and oxygen atoms in total. The molecule has 1 amide bonds. The van der Waals surface area contributed by atoms with Crippen molar-refractivity contribution in [3.05, 3.63) is 28.2 Å². The zero-order valence-electron chi connectivity index (χ0n) is 10.4. The van der Waals surface area contributed by atoms with Gasteiger partial charge in [0.15, 0.2) is 0 Å². The van der Waals surface area contributed by atoms with Gasteiger partial charge in [-0.15, -0.1) is 0 Å². The van der Waals surface area contributed by atoms with Gasteiger partial charge in [-0.25, -0.2) is 0 Å². The Morgan fingerprint density at radius 1 is 1.44 bits per heavy atom. The molecule has 18 heavy (non-hydrogen) atoms. The Hall–Kier alpha value is -1.62. The molecule has 1 aromatic rings. The van der Waals surface area contributed by atoms with Crippen LogP contribution in [0.3, 0.4) is 0 Å². The summed E-state index contributed by atoms with van der Waals surface area (Å²) >= 11 is 0. The number of rotatable bonds is 1. The summed E-state index contributed by atoms with van der Waals surface area (Å²) in [5, 5.41) is 6.10. The third kappa shape index (κ3) is 1.95. The molecule has 2 aliphatic heterocycles. The third-order valence-corrected chi connectivity index (χ3v) is 3.78. The van der Waals surface area contributed by atoms with Crippen molar-refractivity contribution in [2.24, 2.45) is 5.92 Å². The Morgan fingerprint density at radius 3 is 3.06 bits per heavy atom. The standard InChI is InChI=1S/C13H17N3O2/c1-8(17)15-11-3-12-10-2-9(5-14-6-10)7-16(12)13(18)4-11/h3-4,9-10,14H,2,5-7H2,1H3,(H,15,17)/t9-,10+/m0/s1. The molecule has 0 aromatic carbocycles. The maximum absolute atomic E-state index is 12.1. The number of hydrogen-bond acceptors (Lipinski definition) is 3. The van der Waals surface area contributed by atoms with Crippen molar-refractivity contribution in [2.75, 3.05) is 18.4 Å². The van der Waals surface area contributed by atoms with E-state index >= 15 is 0 Å². The highest BCUT2D eigenvalue weighted by molar-refractivity contribution is 5.88. The lowest BCUT2D eigenvalue weighted by Gasteiger charge is -2.37. The predicted molar refractivity (Wildman–Crippen MR) is 68.7 cm³/mol. The van der Waals surface area contributed by atoms with Gasteiger partial charge in [-0.3, -0.25) is 9.59 Å². The van der Waals surface area contributed by atoms with Crippen molar-refractivity contribution in [1.29, 1.82) is 0 Å². The van der Waals surface area contributed by atoms with E-state index in [0.29, 0.717) is 17.5 Å². The third-order valence-electron chi connectivity index (χ3n) is 3.78. The Bertz CT molecular complexity index is 550. The summed E-state index contributed by atoms with van der Waals surface area (Å²) in [6.45, 7) is 4.16. The van der Waals surface area contributed by atoms with Crippen molar-refractivity contribution in [3.63, 3.8) is 0 Å². The fraction of sp³-hybridized carbons (Fsp3) is 0.538. The van der Waals surface area contributed by atoms with Crippen LogP contribution in [0.25, 0.3) is 0 Å². The second kappa shape index (κ2) is 4.24. The monoisotopic (exact) mass is 247 g/mol. The van der Waals surface area contributed by atoms with Crippen molar-refractivity contribution in [1.82, 2.24) is 9.88 Å². The smallest absolute Gasteiger partial charge is 0.252 e. The summed E-state index contributed by atoms with van der Waals surface area (Å²) in [6, 6.07) is 3.45. The first kappa shape index (κ1) is 11.5. The minimum Gasteiger partial charge on any atom is -0.326 e. The number of hydrogen-bond donors (Lipinski definition) is 2. The average Bonchev–Trinajstić information content (AvgIpc) is 2.31. The lowest BCUT2D eigenvalue weighted by molar-refractivity contribution is -0.114. The van der Waals surface area contributed by atoms with Crippen LogP contribution in [-0.2, 0) is 11.3 Å². The summed E-state index contributed by atoms with van der Waals surface area (Å²) in [5.74, 6) is 0.800. The van der Waals surface area contributed by atoms with E-state index in [0.717, 1.165) is 31.7 Å². The first-order valence-corrected chi connectivity index (χ1v) is 6.36. The fourth-order valence-electron chi connectivity index (χ4n) is 3.08. The Labute approximate surface area is 105 Å². The number of nitrogens with zero attached hydrogens (tertiary/aromatic N) is 1.